The monoisotopic (exact) mass is 458 g/mol. The molecular formula is C22H19ClN2O7. The number of nitrogens with one attached hydrogen (secondary N) is 2. The summed E-state index contributed by atoms with van der Waals surface area (Å²) in [6, 6.07) is 12.4. The second kappa shape index (κ2) is 10.4. The highest BCUT2D eigenvalue weighted by Gasteiger charge is 2.21. The first kappa shape index (κ1) is 22.7. The molecule has 2 amide bonds. The summed E-state index contributed by atoms with van der Waals surface area (Å²) in [4.78, 5) is 37.0. The molecule has 1 heterocycles. The summed E-state index contributed by atoms with van der Waals surface area (Å²) >= 11 is 6.00. The quantitative estimate of drug-likeness (QED) is 0.490. The van der Waals surface area contributed by atoms with Gasteiger partial charge >= 0.3 is 5.97 Å². The Morgan fingerprint density at radius 1 is 0.969 bits per heavy atom. The van der Waals surface area contributed by atoms with Crippen LogP contribution in [0.3, 0.4) is 0 Å². The molecule has 9 nitrogen and oxygen atoms in total. The first-order chi connectivity index (χ1) is 15.4. The molecule has 0 fully saturated rings. The van der Waals surface area contributed by atoms with Crippen molar-refractivity contribution in [2.45, 2.75) is 0 Å². The molecule has 0 radical (unpaired) electrons. The van der Waals surface area contributed by atoms with E-state index in [0.717, 1.165) is 0 Å². The lowest BCUT2D eigenvalue weighted by atomic mass is 10.1. The Hall–Kier alpha value is -3.98. The topological polar surface area (TPSA) is 116 Å². The van der Waals surface area contributed by atoms with Gasteiger partial charge in [0, 0.05) is 0 Å². The molecule has 3 aromatic rings. The van der Waals surface area contributed by atoms with Gasteiger partial charge in [0.05, 0.1) is 42.4 Å². The minimum Gasteiger partial charge on any atom is -0.493 e. The molecule has 0 aliphatic rings. The predicted molar refractivity (Wildman–Crippen MR) is 117 cm³/mol. The second-order valence-corrected chi connectivity index (χ2v) is 6.70. The number of amides is 2. The summed E-state index contributed by atoms with van der Waals surface area (Å²) in [7, 11) is 2.76. The zero-order valence-corrected chi connectivity index (χ0v) is 17.9. The van der Waals surface area contributed by atoms with Crippen LogP contribution in [0.15, 0.2) is 59.2 Å². The van der Waals surface area contributed by atoms with Crippen molar-refractivity contribution in [3.8, 4) is 11.5 Å². The molecule has 0 spiro atoms. The number of esters is 1. The van der Waals surface area contributed by atoms with Crippen LogP contribution >= 0.6 is 11.6 Å². The Balaban J connectivity index is 1.74. The average molecular weight is 459 g/mol. The number of ether oxygens (including phenoxy) is 3. The zero-order chi connectivity index (χ0) is 23.1. The van der Waals surface area contributed by atoms with Gasteiger partial charge in [0.1, 0.15) is 0 Å². The highest BCUT2D eigenvalue weighted by Crippen LogP contribution is 2.37. The molecule has 0 aliphatic heterocycles. The van der Waals surface area contributed by atoms with E-state index in [1.807, 2.05) is 0 Å². The third-order valence-electron chi connectivity index (χ3n) is 4.19. The van der Waals surface area contributed by atoms with Crippen LogP contribution in [0.25, 0.3) is 0 Å². The molecule has 2 N–H and O–H groups in total. The van der Waals surface area contributed by atoms with Gasteiger partial charge in [0.25, 0.3) is 11.8 Å². The van der Waals surface area contributed by atoms with Crippen LogP contribution in [-0.2, 0) is 9.53 Å². The van der Waals surface area contributed by atoms with E-state index in [4.69, 9.17) is 30.2 Å². The summed E-state index contributed by atoms with van der Waals surface area (Å²) in [5.41, 5.74) is 0.577. The molecular weight excluding hydrogens is 440 g/mol. The van der Waals surface area contributed by atoms with Gasteiger partial charge < -0.3 is 29.3 Å². The highest BCUT2D eigenvalue weighted by molar-refractivity contribution is 6.33. The summed E-state index contributed by atoms with van der Waals surface area (Å²) in [5.74, 6) is -1.50. The van der Waals surface area contributed by atoms with Gasteiger partial charge in [-0.05, 0) is 36.4 Å². The van der Waals surface area contributed by atoms with E-state index in [2.05, 4.69) is 10.6 Å². The van der Waals surface area contributed by atoms with Gasteiger partial charge in [0.2, 0.25) is 0 Å². The maximum absolute atomic E-state index is 12.5. The van der Waals surface area contributed by atoms with Crippen LogP contribution in [0.1, 0.15) is 20.9 Å². The normalized spacial score (nSPS) is 10.2. The minimum absolute atomic E-state index is 0.0305. The van der Waals surface area contributed by atoms with E-state index in [1.54, 1.807) is 30.3 Å². The summed E-state index contributed by atoms with van der Waals surface area (Å²) in [6.07, 6.45) is 1.36. The minimum atomic E-state index is -0.811. The van der Waals surface area contributed by atoms with Crippen molar-refractivity contribution < 1.29 is 33.0 Å². The Morgan fingerprint density at radius 3 is 2.41 bits per heavy atom. The first-order valence-corrected chi connectivity index (χ1v) is 9.63. The van der Waals surface area contributed by atoms with Gasteiger partial charge in [0.15, 0.2) is 23.9 Å². The molecule has 1 aromatic heterocycles. The van der Waals surface area contributed by atoms with Gasteiger partial charge in [-0.3, -0.25) is 9.59 Å². The number of carbonyl (C=O) groups excluding carboxylic acids is 3. The van der Waals surface area contributed by atoms with Crippen LogP contribution < -0.4 is 20.1 Å². The van der Waals surface area contributed by atoms with Crippen LogP contribution in [0.4, 0.5) is 11.4 Å². The number of hydrogen-bond donors (Lipinski definition) is 2. The van der Waals surface area contributed by atoms with Crippen molar-refractivity contribution in [1.82, 2.24) is 0 Å². The second-order valence-electron chi connectivity index (χ2n) is 6.29. The molecule has 2 aromatic carbocycles. The Labute approximate surface area is 188 Å². The number of hydrogen-bond acceptors (Lipinski definition) is 7. The van der Waals surface area contributed by atoms with Crippen LogP contribution in [-0.4, -0.2) is 38.6 Å². The molecule has 10 heteroatoms. The zero-order valence-electron chi connectivity index (χ0n) is 17.1. The van der Waals surface area contributed by atoms with Crippen molar-refractivity contribution in [1.29, 1.82) is 0 Å². The molecule has 0 atom stereocenters. The van der Waals surface area contributed by atoms with E-state index in [0.29, 0.717) is 10.7 Å². The molecule has 0 saturated carbocycles. The lowest BCUT2D eigenvalue weighted by molar-refractivity contribution is -0.119. The molecule has 0 bridgehead atoms. The van der Waals surface area contributed by atoms with E-state index in [-0.39, 0.29) is 28.5 Å². The molecule has 0 unspecified atom stereocenters. The SMILES string of the molecule is COc1cc(C(=O)OCC(=O)Nc2ccccc2Cl)cc(NC(=O)c2ccco2)c1OC. The van der Waals surface area contributed by atoms with Crippen molar-refractivity contribution in [2.75, 3.05) is 31.5 Å². The van der Waals surface area contributed by atoms with Gasteiger partial charge in [-0.2, -0.15) is 0 Å². The molecule has 0 aliphatic carbocycles. The standard InChI is InChI=1S/C22H19ClN2O7/c1-29-18-11-13(10-16(20(18)30-2)25-21(27)17-8-5-9-31-17)22(28)32-12-19(26)24-15-7-4-3-6-14(15)23/h3-11H,12H2,1-2H3,(H,24,26)(H,25,27). The van der Waals surface area contributed by atoms with Crippen molar-refractivity contribution >= 4 is 40.8 Å². The van der Waals surface area contributed by atoms with Crippen LogP contribution in [0, 0.1) is 0 Å². The summed E-state index contributed by atoms with van der Waals surface area (Å²) in [6.45, 7) is -0.549. The average Bonchev–Trinajstić information content (AvgIpc) is 3.33. The fraction of sp³-hybridized carbons (Fsp3) is 0.136. The third-order valence-corrected chi connectivity index (χ3v) is 4.52. The maximum atomic E-state index is 12.5. The summed E-state index contributed by atoms with van der Waals surface area (Å²) < 4.78 is 20.7. The van der Waals surface area contributed by atoms with Gasteiger partial charge in [-0.15, -0.1) is 0 Å². The predicted octanol–water partition coefficient (Wildman–Crippen LogP) is 4.00. The molecule has 166 valence electrons. The van der Waals surface area contributed by atoms with E-state index in [1.165, 1.54) is 38.7 Å². The van der Waals surface area contributed by atoms with Gasteiger partial charge in [-0.1, -0.05) is 23.7 Å². The number of benzene rings is 2. The fourth-order valence-electron chi connectivity index (χ4n) is 2.73. The fourth-order valence-corrected chi connectivity index (χ4v) is 2.91. The number of carbonyl (C=O) groups is 3. The van der Waals surface area contributed by atoms with Crippen LogP contribution in [0.2, 0.25) is 5.02 Å². The number of para-hydroxylation sites is 1. The molecule has 0 saturated heterocycles. The highest BCUT2D eigenvalue weighted by atomic mass is 35.5. The lowest BCUT2D eigenvalue weighted by Gasteiger charge is -2.15. The maximum Gasteiger partial charge on any atom is 0.338 e. The summed E-state index contributed by atoms with van der Waals surface area (Å²) in [5, 5.41) is 5.50. The Bertz CT molecular complexity index is 1130. The van der Waals surface area contributed by atoms with E-state index < -0.39 is 24.4 Å². The number of anilines is 2. The van der Waals surface area contributed by atoms with Gasteiger partial charge in [-0.25, -0.2) is 4.79 Å². The lowest BCUT2D eigenvalue weighted by Crippen LogP contribution is -2.21. The Morgan fingerprint density at radius 2 is 1.75 bits per heavy atom. The van der Waals surface area contributed by atoms with E-state index in [9.17, 15) is 14.4 Å². The van der Waals surface area contributed by atoms with E-state index >= 15 is 0 Å². The third kappa shape index (κ3) is 5.38. The van der Waals surface area contributed by atoms with Crippen molar-refractivity contribution in [3.05, 3.63) is 71.1 Å². The van der Waals surface area contributed by atoms with Crippen LogP contribution in [0.5, 0.6) is 11.5 Å². The number of halogens is 1. The van der Waals surface area contributed by atoms with Crippen molar-refractivity contribution in [3.63, 3.8) is 0 Å². The number of rotatable bonds is 8. The van der Waals surface area contributed by atoms with Crippen molar-refractivity contribution in [2.24, 2.45) is 0 Å². The Kier molecular flexibility index (Phi) is 7.35. The first-order valence-electron chi connectivity index (χ1n) is 9.25. The largest absolute Gasteiger partial charge is 0.493 e. The molecule has 3 rings (SSSR count). The molecule has 32 heavy (non-hydrogen) atoms. The smallest absolute Gasteiger partial charge is 0.338 e. The number of methoxy groups -OCH3 is 2. The number of furan rings is 1.